The SMILES string of the molecule is CC(C)(C)NS(=O)(=O)CCC1CCNCC1. The first-order valence-corrected chi connectivity index (χ1v) is 7.66. The molecule has 5 heteroatoms. The minimum Gasteiger partial charge on any atom is -0.317 e. The van der Waals surface area contributed by atoms with Crippen LogP contribution in [0.15, 0.2) is 0 Å². The molecular formula is C11H24N2O2S. The number of rotatable bonds is 4. The van der Waals surface area contributed by atoms with Crippen molar-refractivity contribution in [1.29, 1.82) is 0 Å². The van der Waals surface area contributed by atoms with Crippen molar-refractivity contribution in [1.82, 2.24) is 10.0 Å². The lowest BCUT2D eigenvalue weighted by Crippen LogP contribution is -2.42. The molecule has 0 aliphatic carbocycles. The van der Waals surface area contributed by atoms with Crippen molar-refractivity contribution in [3.63, 3.8) is 0 Å². The van der Waals surface area contributed by atoms with Gasteiger partial charge in [-0.1, -0.05) is 0 Å². The molecule has 1 aliphatic heterocycles. The van der Waals surface area contributed by atoms with Crippen LogP contribution in [0.5, 0.6) is 0 Å². The largest absolute Gasteiger partial charge is 0.317 e. The summed E-state index contributed by atoms with van der Waals surface area (Å²) in [5.74, 6) is 0.826. The average molecular weight is 248 g/mol. The summed E-state index contributed by atoms with van der Waals surface area (Å²) in [6.07, 6.45) is 2.99. The van der Waals surface area contributed by atoms with E-state index in [0.717, 1.165) is 32.4 Å². The van der Waals surface area contributed by atoms with Gasteiger partial charge in [-0.3, -0.25) is 0 Å². The molecule has 1 fully saturated rings. The summed E-state index contributed by atoms with van der Waals surface area (Å²) in [6.45, 7) is 7.66. The minimum absolute atomic E-state index is 0.259. The summed E-state index contributed by atoms with van der Waals surface area (Å²) in [5.41, 5.74) is -0.368. The summed E-state index contributed by atoms with van der Waals surface area (Å²) >= 11 is 0. The van der Waals surface area contributed by atoms with E-state index in [2.05, 4.69) is 10.0 Å². The second-order valence-corrected chi connectivity index (χ2v) is 7.49. The monoisotopic (exact) mass is 248 g/mol. The van der Waals surface area contributed by atoms with Crippen LogP contribution in [-0.4, -0.2) is 32.8 Å². The highest BCUT2D eigenvalue weighted by atomic mass is 32.2. The molecule has 4 nitrogen and oxygen atoms in total. The first-order valence-electron chi connectivity index (χ1n) is 6.01. The molecular weight excluding hydrogens is 224 g/mol. The van der Waals surface area contributed by atoms with E-state index in [9.17, 15) is 8.42 Å². The van der Waals surface area contributed by atoms with Gasteiger partial charge in [0.1, 0.15) is 0 Å². The third kappa shape index (κ3) is 5.82. The number of nitrogens with one attached hydrogen (secondary N) is 2. The molecule has 0 radical (unpaired) electrons. The van der Waals surface area contributed by atoms with E-state index in [1.165, 1.54) is 0 Å². The Labute approximate surface area is 99.2 Å². The number of piperidine rings is 1. The van der Waals surface area contributed by atoms with E-state index in [0.29, 0.717) is 5.92 Å². The standard InChI is InChI=1S/C11H24N2O2S/c1-11(2,3)13-16(14,15)9-6-10-4-7-12-8-5-10/h10,12-13H,4-9H2,1-3H3. The zero-order valence-electron chi connectivity index (χ0n) is 10.5. The summed E-state index contributed by atoms with van der Waals surface area (Å²) in [5, 5.41) is 3.29. The third-order valence-electron chi connectivity index (χ3n) is 2.72. The van der Waals surface area contributed by atoms with E-state index in [4.69, 9.17) is 0 Å². The Morgan fingerprint density at radius 2 is 1.81 bits per heavy atom. The van der Waals surface area contributed by atoms with Gasteiger partial charge in [-0.05, 0) is 59.0 Å². The van der Waals surface area contributed by atoms with Crippen LogP contribution in [0, 0.1) is 5.92 Å². The van der Waals surface area contributed by atoms with Crippen molar-refractivity contribution in [3.05, 3.63) is 0 Å². The zero-order valence-corrected chi connectivity index (χ0v) is 11.4. The van der Waals surface area contributed by atoms with Gasteiger partial charge in [-0.25, -0.2) is 13.1 Å². The summed E-state index contributed by atoms with van der Waals surface area (Å²) < 4.78 is 26.2. The maximum Gasteiger partial charge on any atom is 0.212 e. The fourth-order valence-electron chi connectivity index (χ4n) is 2.01. The molecule has 0 amide bonds. The highest BCUT2D eigenvalue weighted by Crippen LogP contribution is 2.17. The molecule has 1 rings (SSSR count). The summed E-state index contributed by atoms with van der Waals surface area (Å²) in [6, 6.07) is 0. The van der Waals surface area contributed by atoms with Crippen LogP contribution in [0.2, 0.25) is 0 Å². The Bertz CT molecular complexity index is 300. The molecule has 0 aromatic rings. The molecule has 16 heavy (non-hydrogen) atoms. The smallest absolute Gasteiger partial charge is 0.212 e. The minimum atomic E-state index is -3.11. The normalized spacial score (nSPS) is 19.9. The van der Waals surface area contributed by atoms with Gasteiger partial charge in [0.25, 0.3) is 0 Å². The van der Waals surface area contributed by atoms with Crippen molar-refractivity contribution < 1.29 is 8.42 Å². The zero-order chi connectivity index (χ0) is 12.2. The van der Waals surface area contributed by atoms with Gasteiger partial charge in [0, 0.05) is 5.54 Å². The third-order valence-corrected chi connectivity index (χ3v) is 4.41. The Kier molecular flexibility index (Phi) is 4.76. The van der Waals surface area contributed by atoms with Gasteiger partial charge in [0.15, 0.2) is 0 Å². The van der Waals surface area contributed by atoms with Gasteiger partial charge in [0.05, 0.1) is 5.75 Å². The van der Waals surface area contributed by atoms with Crippen molar-refractivity contribution in [2.75, 3.05) is 18.8 Å². The van der Waals surface area contributed by atoms with Gasteiger partial charge < -0.3 is 5.32 Å². The highest BCUT2D eigenvalue weighted by molar-refractivity contribution is 7.89. The number of sulfonamides is 1. The van der Waals surface area contributed by atoms with Gasteiger partial charge >= 0.3 is 0 Å². The van der Waals surface area contributed by atoms with Crippen molar-refractivity contribution in [2.45, 2.75) is 45.6 Å². The molecule has 0 saturated carbocycles. The molecule has 0 bridgehead atoms. The molecule has 1 heterocycles. The lowest BCUT2D eigenvalue weighted by molar-refractivity contribution is 0.364. The van der Waals surface area contributed by atoms with Crippen LogP contribution < -0.4 is 10.0 Å². The molecule has 0 spiro atoms. The van der Waals surface area contributed by atoms with Crippen LogP contribution in [0.4, 0.5) is 0 Å². The quantitative estimate of drug-likeness (QED) is 0.783. The first-order chi connectivity index (χ1) is 7.29. The van der Waals surface area contributed by atoms with E-state index in [1.54, 1.807) is 0 Å². The predicted molar refractivity (Wildman–Crippen MR) is 66.9 cm³/mol. The highest BCUT2D eigenvalue weighted by Gasteiger charge is 2.22. The first kappa shape index (κ1) is 13.9. The van der Waals surface area contributed by atoms with Crippen molar-refractivity contribution in [3.8, 4) is 0 Å². The molecule has 0 aromatic carbocycles. The van der Waals surface area contributed by atoms with Crippen LogP contribution in [0.1, 0.15) is 40.0 Å². The predicted octanol–water partition coefficient (Wildman–Crippen LogP) is 1.09. The molecule has 2 N–H and O–H groups in total. The topological polar surface area (TPSA) is 58.2 Å². The lowest BCUT2D eigenvalue weighted by atomic mass is 9.96. The van der Waals surface area contributed by atoms with Gasteiger partial charge in [-0.2, -0.15) is 0 Å². The molecule has 1 saturated heterocycles. The van der Waals surface area contributed by atoms with Gasteiger partial charge in [0.2, 0.25) is 10.0 Å². The van der Waals surface area contributed by atoms with Crippen molar-refractivity contribution >= 4 is 10.0 Å². The average Bonchev–Trinajstić information content (AvgIpc) is 2.13. The Morgan fingerprint density at radius 3 is 2.31 bits per heavy atom. The van der Waals surface area contributed by atoms with E-state index in [-0.39, 0.29) is 11.3 Å². The Morgan fingerprint density at radius 1 is 1.25 bits per heavy atom. The van der Waals surface area contributed by atoms with E-state index >= 15 is 0 Å². The summed E-state index contributed by atoms with van der Waals surface area (Å²) in [4.78, 5) is 0. The fourth-order valence-corrected chi connectivity index (χ4v) is 3.69. The maximum atomic E-state index is 11.8. The van der Waals surface area contributed by atoms with Crippen LogP contribution in [-0.2, 0) is 10.0 Å². The van der Waals surface area contributed by atoms with Crippen LogP contribution in [0.3, 0.4) is 0 Å². The molecule has 0 aromatic heterocycles. The fraction of sp³-hybridized carbons (Fsp3) is 1.00. The lowest BCUT2D eigenvalue weighted by Gasteiger charge is -2.24. The Balaban J connectivity index is 2.35. The maximum absolute atomic E-state index is 11.8. The van der Waals surface area contributed by atoms with E-state index < -0.39 is 10.0 Å². The molecule has 0 unspecified atom stereocenters. The molecule has 1 aliphatic rings. The number of hydrogen-bond donors (Lipinski definition) is 2. The second-order valence-electron chi connectivity index (χ2n) is 5.65. The van der Waals surface area contributed by atoms with E-state index in [1.807, 2.05) is 20.8 Å². The van der Waals surface area contributed by atoms with Crippen molar-refractivity contribution in [2.24, 2.45) is 5.92 Å². The second kappa shape index (κ2) is 5.47. The summed E-state index contributed by atoms with van der Waals surface area (Å²) in [7, 11) is -3.11. The van der Waals surface area contributed by atoms with Gasteiger partial charge in [-0.15, -0.1) is 0 Å². The molecule has 0 atom stereocenters. The van der Waals surface area contributed by atoms with Crippen LogP contribution in [0.25, 0.3) is 0 Å². The van der Waals surface area contributed by atoms with Crippen LogP contribution >= 0.6 is 0 Å². The number of hydrogen-bond acceptors (Lipinski definition) is 3. The Hall–Kier alpha value is -0.130. The molecule has 96 valence electrons.